The van der Waals surface area contributed by atoms with Gasteiger partial charge in [-0.05, 0) is 30.7 Å². The summed E-state index contributed by atoms with van der Waals surface area (Å²) < 4.78 is 5.19. The summed E-state index contributed by atoms with van der Waals surface area (Å²) in [4.78, 5) is 11.6. The summed E-state index contributed by atoms with van der Waals surface area (Å²) in [6.45, 7) is 4.21. The van der Waals surface area contributed by atoms with Gasteiger partial charge in [0.05, 0.1) is 17.5 Å². The van der Waals surface area contributed by atoms with Gasteiger partial charge in [-0.1, -0.05) is 25.4 Å². The summed E-state index contributed by atoms with van der Waals surface area (Å²) in [5.41, 5.74) is 0.877. The standard InChI is InChI=1S/C17H18ClN3OS/c1-4-11-9-12-16(20-15(5-2)21-17(12)23-11)19-10-6-7-14(22-3)13(18)8-10/h6-9H,4-5H2,1-3H3,(H,19,20,21). The number of aromatic nitrogens is 2. The first kappa shape index (κ1) is 16.0. The fourth-order valence-corrected chi connectivity index (χ4v) is 3.57. The van der Waals surface area contributed by atoms with E-state index in [4.69, 9.17) is 16.3 Å². The number of rotatable bonds is 5. The van der Waals surface area contributed by atoms with Crippen molar-refractivity contribution in [1.29, 1.82) is 0 Å². The number of anilines is 2. The van der Waals surface area contributed by atoms with Crippen molar-refractivity contribution in [2.45, 2.75) is 26.7 Å². The highest BCUT2D eigenvalue weighted by Gasteiger charge is 2.12. The fraction of sp³-hybridized carbons (Fsp3) is 0.294. The van der Waals surface area contributed by atoms with Gasteiger partial charge in [-0.3, -0.25) is 0 Å². The first-order chi connectivity index (χ1) is 11.1. The number of aryl methyl sites for hydroxylation is 2. The van der Waals surface area contributed by atoms with Crippen LogP contribution in [0.2, 0.25) is 5.02 Å². The SMILES string of the molecule is CCc1nc(Nc2ccc(OC)c(Cl)c2)c2cc(CC)sc2n1. The molecule has 3 aromatic rings. The van der Waals surface area contributed by atoms with Gasteiger partial charge in [0.25, 0.3) is 0 Å². The molecule has 1 aromatic carbocycles. The largest absolute Gasteiger partial charge is 0.495 e. The molecule has 0 aliphatic rings. The maximum Gasteiger partial charge on any atom is 0.142 e. The van der Waals surface area contributed by atoms with Gasteiger partial charge in [0.15, 0.2) is 0 Å². The second kappa shape index (κ2) is 6.72. The third-order valence-corrected chi connectivity index (χ3v) is 5.04. The number of methoxy groups -OCH3 is 1. The van der Waals surface area contributed by atoms with Crippen LogP contribution >= 0.6 is 22.9 Å². The Morgan fingerprint density at radius 2 is 2.00 bits per heavy atom. The lowest BCUT2D eigenvalue weighted by molar-refractivity contribution is 0.415. The van der Waals surface area contributed by atoms with Gasteiger partial charge in [-0.25, -0.2) is 9.97 Å². The lowest BCUT2D eigenvalue weighted by atomic mass is 10.2. The van der Waals surface area contributed by atoms with Crippen LogP contribution in [-0.2, 0) is 12.8 Å². The van der Waals surface area contributed by atoms with Crippen molar-refractivity contribution < 1.29 is 4.74 Å². The molecular formula is C17H18ClN3OS. The van der Waals surface area contributed by atoms with Crippen LogP contribution in [0.3, 0.4) is 0 Å². The minimum absolute atomic E-state index is 0.568. The zero-order valence-electron chi connectivity index (χ0n) is 13.3. The van der Waals surface area contributed by atoms with Crippen LogP contribution in [0, 0.1) is 0 Å². The molecule has 0 amide bonds. The first-order valence-electron chi connectivity index (χ1n) is 7.54. The molecule has 2 aromatic heterocycles. The van der Waals surface area contributed by atoms with Crippen LogP contribution < -0.4 is 10.1 Å². The Labute approximate surface area is 144 Å². The molecule has 0 fully saturated rings. The maximum atomic E-state index is 6.20. The van der Waals surface area contributed by atoms with E-state index in [1.54, 1.807) is 18.4 Å². The Balaban J connectivity index is 2.04. The molecular weight excluding hydrogens is 330 g/mol. The highest BCUT2D eigenvalue weighted by molar-refractivity contribution is 7.18. The monoisotopic (exact) mass is 347 g/mol. The van der Waals surface area contributed by atoms with Gasteiger partial charge in [0.2, 0.25) is 0 Å². The van der Waals surface area contributed by atoms with Crippen LogP contribution in [-0.4, -0.2) is 17.1 Å². The number of halogens is 1. The van der Waals surface area contributed by atoms with Crippen molar-refractivity contribution in [2.24, 2.45) is 0 Å². The quantitative estimate of drug-likeness (QED) is 0.687. The van der Waals surface area contributed by atoms with Gasteiger partial charge in [-0.2, -0.15) is 0 Å². The van der Waals surface area contributed by atoms with E-state index >= 15 is 0 Å². The molecule has 0 spiro atoms. The van der Waals surface area contributed by atoms with E-state index in [9.17, 15) is 0 Å². The lowest BCUT2D eigenvalue weighted by Gasteiger charge is -2.10. The van der Waals surface area contributed by atoms with E-state index < -0.39 is 0 Å². The molecule has 4 nitrogen and oxygen atoms in total. The lowest BCUT2D eigenvalue weighted by Crippen LogP contribution is -2.00. The van der Waals surface area contributed by atoms with Crippen molar-refractivity contribution in [2.75, 3.05) is 12.4 Å². The van der Waals surface area contributed by atoms with Crippen molar-refractivity contribution in [3.63, 3.8) is 0 Å². The van der Waals surface area contributed by atoms with E-state index in [1.165, 1.54) is 4.88 Å². The topological polar surface area (TPSA) is 47.0 Å². The Bertz CT molecular complexity index is 847. The molecule has 0 radical (unpaired) electrons. The summed E-state index contributed by atoms with van der Waals surface area (Å²) >= 11 is 7.93. The highest BCUT2D eigenvalue weighted by Crippen LogP contribution is 2.33. The molecule has 0 aliphatic heterocycles. The number of fused-ring (bicyclic) bond motifs is 1. The summed E-state index contributed by atoms with van der Waals surface area (Å²) in [6.07, 6.45) is 1.80. The van der Waals surface area contributed by atoms with E-state index in [0.29, 0.717) is 10.8 Å². The predicted octanol–water partition coefficient (Wildman–Crippen LogP) is 5.22. The number of nitrogens with zero attached hydrogens (tertiary/aromatic N) is 2. The van der Waals surface area contributed by atoms with Gasteiger partial charge >= 0.3 is 0 Å². The van der Waals surface area contributed by atoms with Gasteiger partial charge < -0.3 is 10.1 Å². The molecule has 3 rings (SSSR count). The molecule has 0 bridgehead atoms. The number of hydrogen-bond donors (Lipinski definition) is 1. The normalized spacial score (nSPS) is 11.0. The van der Waals surface area contributed by atoms with Crippen LogP contribution in [0.1, 0.15) is 24.5 Å². The fourth-order valence-electron chi connectivity index (χ4n) is 2.32. The number of nitrogens with one attached hydrogen (secondary N) is 1. The Hall–Kier alpha value is -1.85. The maximum absolute atomic E-state index is 6.20. The summed E-state index contributed by atoms with van der Waals surface area (Å²) in [5.74, 6) is 2.32. The van der Waals surface area contributed by atoms with Gasteiger partial charge in [0, 0.05) is 17.0 Å². The van der Waals surface area contributed by atoms with E-state index in [1.807, 2.05) is 18.2 Å². The number of ether oxygens (including phenoxy) is 1. The molecule has 23 heavy (non-hydrogen) atoms. The summed E-state index contributed by atoms with van der Waals surface area (Å²) in [5, 5.41) is 4.99. The van der Waals surface area contributed by atoms with Crippen molar-refractivity contribution in [3.8, 4) is 5.75 Å². The van der Waals surface area contributed by atoms with Gasteiger partial charge in [0.1, 0.15) is 22.2 Å². The number of hydrogen-bond acceptors (Lipinski definition) is 5. The second-order valence-corrected chi connectivity index (χ2v) is 6.62. The third-order valence-electron chi connectivity index (χ3n) is 3.57. The minimum atomic E-state index is 0.568. The summed E-state index contributed by atoms with van der Waals surface area (Å²) in [6, 6.07) is 7.77. The highest BCUT2D eigenvalue weighted by atomic mass is 35.5. The van der Waals surface area contributed by atoms with E-state index in [2.05, 4.69) is 35.2 Å². The number of benzene rings is 1. The van der Waals surface area contributed by atoms with Crippen molar-refractivity contribution >= 4 is 44.7 Å². The van der Waals surface area contributed by atoms with Crippen molar-refractivity contribution in [3.05, 3.63) is 40.0 Å². The Morgan fingerprint density at radius 1 is 1.17 bits per heavy atom. The molecule has 0 saturated carbocycles. The molecule has 0 unspecified atom stereocenters. The van der Waals surface area contributed by atoms with Gasteiger partial charge in [-0.15, -0.1) is 11.3 Å². The molecule has 0 aliphatic carbocycles. The molecule has 2 heterocycles. The molecule has 6 heteroatoms. The first-order valence-corrected chi connectivity index (χ1v) is 8.74. The molecule has 1 N–H and O–H groups in total. The van der Waals surface area contributed by atoms with E-state index in [0.717, 1.165) is 40.4 Å². The van der Waals surface area contributed by atoms with Crippen LogP contribution in [0.25, 0.3) is 10.2 Å². The summed E-state index contributed by atoms with van der Waals surface area (Å²) in [7, 11) is 1.60. The predicted molar refractivity (Wildman–Crippen MR) is 97.5 cm³/mol. The van der Waals surface area contributed by atoms with Crippen LogP contribution in [0.5, 0.6) is 5.75 Å². The Morgan fingerprint density at radius 3 is 2.65 bits per heavy atom. The molecule has 0 saturated heterocycles. The Kier molecular flexibility index (Phi) is 4.68. The van der Waals surface area contributed by atoms with Crippen molar-refractivity contribution in [1.82, 2.24) is 9.97 Å². The van der Waals surface area contributed by atoms with E-state index in [-0.39, 0.29) is 0 Å². The average Bonchev–Trinajstić information content (AvgIpc) is 2.98. The minimum Gasteiger partial charge on any atom is -0.495 e. The van der Waals surface area contributed by atoms with Crippen LogP contribution in [0.15, 0.2) is 24.3 Å². The van der Waals surface area contributed by atoms with Crippen LogP contribution in [0.4, 0.5) is 11.5 Å². The second-order valence-electron chi connectivity index (χ2n) is 5.10. The molecule has 120 valence electrons. The average molecular weight is 348 g/mol. The number of thiophene rings is 1. The molecule has 0 atom stereocenters. The zero-order chi connectivity index (χ0) is 16.4. The smallest absolute Gasteiger partial charge is 0.142 e. The zero-order valence-corrected chi connectivity index (χ0v) is 14.9. The third kappa shape index (κ3) is 3.26.